The predicted octanol–water partition coefficient (Wildman–Crippen LogP) is -1.12. The van der Waals surface area contributed by atoms with Gasteiger partial charge in [-0.05, 0) is 13.8 Å². The van der Waals surface area contributed by atoms with E-state index < -0.39 is 21.1 Å². The maximum absolute atomic E-state index is 11.3. The Morgan fingerprint density at radius 1 is 1.40 bits per heavy atom. The molecular weight excluding hydrogens is 220 g/mol. The topological polar surface area (TPSA) is 89.9 Å². The first-order valence-electron chi connectivity index (χ1n) is 4.91. The van der Waals surface area contributed by atoms with Crippen molar-refractivity contribution in [2.75, 3.05) is 26.2 Å². The molecule has 2 unspecified atom stereocenters. The van der Waals surface area contributed by atoms with E-state index in [1.807, 2.05) is 0 Å². The predicted molar refractivity (Wildman–Crippen MR) is 56.1 cm³/mol. The van der Waals surface area contributed by atoms with E-state index >= 15 is 0 Å². The molecule has 1 saturated heterocycles. The van der Waals surface area contributed by atoms with Crippen LogP contribution in [0.25, 0.3) is 0 Å². The quantitative estimate of drug-likeness (QED) is 0.539. The highest BCUT2D eigenvalue weighted by molar-refractivity contribution is 7.87. The summed E-state index contributed by atoms with van der Waals surface area (Å²) in [6.45, 7) is 4.99. The minimum absolute atomic E-state index is 0.487. The Morgan fingerprint density at radius 3 is 2.20 bits per heavy atom. The summed E-state index contributed by atoms with van der Waals surface area (Å²) >= 11 is 0. The molecule has 7 heteroatoms. The van der Waals surface area contributed by atoms with Gasteiger partial charge in [-0.3, -0.25) is 9.45 Å². The Bertz CT molecular complexity index is 311. The first-order chi connectivity index (χ1) is 6.80. The zero-order chi connectivity index (χ0) is 11.7. The Hall–Kier alpha value is -0.210. The number of hydrogen-bond donors (Lipinski definition) is 3. The van der Waals surface area contributed by atoms with Crippen LogP contribution in [-0.4, -0.2) is 60.1 Å². The molecule has 0 aromatic rings. The summed E-state index contributed by atoms with van der Waals surface area (Å²) in [6.07, 6.45) is -1.15. The smallest absolute Gasteiger partial charge is 0.286 e. The molecule has 0 amide bonds. The monoisotopic (exact) mass is 238 g/mol. The second kappa shape index (κ2) is 4.34. The van der Waals surface area contributed by atoms with E-state index in [9.17, 15) is 18.1 Å². The Labute approximate surface area is 90.0 Å². The molecule has 6 nitrogen and oxygen atoms in total. The number of nitrogens with zero attached hydrogens (tertiary/aromatic N) is 1. The lowest BCUT2D eigenvalue weighted by atomic mass is 10.1. The third kappa shape index (κ3) is 2.31. The van der Waals surface area contributed by atoms with Crippen molar-refractivity contribution in [3.05, 3.63) is 0 Å². The van der Waals surface area contributed by atoms with Crippen LogP contribution in [0.15, 0.2) is 0 Å². The first-order valence-corrected chi connectivity index (χ1v) is 6.35. The molecule has 1 heterocycles. The number of piperazine rings is 1. The van der Waals surface area contributed by atoms with Crippen molar-refractivity contribution in [3.63, 3.8) is 0 Å². The van der Waals surface area contributed by atoms with Crippen molar-refractivity contribution in [2.24, 2.45) is 0 Å². The fourth-order valence-electron chi connectivity index (χ4n) is 1.75. The molecule has 0 aromatic heterocycles. The van der Waals surface area contributed by atoms with Crippen molar-refractivity contribution < 1.29 is 18.1 Å². The number of rotatable bonds is 3. The average molecular weight is 238 g/mol. The number of hydrogen-bond acceptors (Lipinski definition) is 5. The number of nitrogens with one attached hydrogen (secondary N) is 1. The van der Waals surface area contributed by atoms with Crippen molar-refractivity contribution in [3.8, 4) is 0 Å². The summed E-state index contributed by atoms with van der Waals surface area (Å²) in [6, 6.07) is 0. The molecule has 90 valence electrons. The largest absolute Gasteiger partial charge is 0.390 e. The van der Waals surface area contributed by atoms with Crippen LogP contribution in [0.1, 0.15) is 13.8 Å². The molecule has 0 radical (unpaired) electrons. The number of aliphatic hydroxyl groups is 1. The third-order valence-corrected chi connectivity index (χ3v) is 4.69. The van der Waals surface area contributed by atoms with Gasteiger partial charge >= 0.3 is 0 Å². The molecule has 1 fully saturated rings. The molecular formula is C8H18N2O4S. The Balaban J connectivity index is 3.00. The summed E-state index contributed by atoms with van der Waals surface area (Å²) in [5.41, 5.74) is 0. The zero-order valence-electron chi connectivity index (χ0n) is 8.97. The van der Waals surface area contributed by atoms with E-state index in [-0.39, 0.29) is 0 Å². The van der Waals surface area contributed by atoms with Crippen LogP contribution in [0.4, 0.5) is 0 Å². The Morgan fingerprint density at radius 2 is 1.87 bits per heavy atom. The van der Waals surface area contributed by atoms with E-state index in [0.29, 0.717) is 26.2 Å². The summed E-state index contributed by atoms with van der Waals surface area (Å²) in [4.78, 5) is -0.0292. The fraction of sp³-hybridized carbons (Fsp3) is 1.00. The standard InChI is InChI=1S/C8H18N2O4S/c1-7(11)8(2,15(12,13)14)10-5-3-9-4-6-10/h7,9,11H,3-6H2,1-2H3,(H,12,13,14). The molecule has 0 aliphatic carbocycles. The molecule has 1 aliphatic heterocycles. The first kappa shape index (κ1) is 12.9. The fourth-order valence-corrected chi connectivity index (χ4v) is 2.69. The van der Waals surface area contributed by atoms with Gasteiger partial charge in [-0.2, -0.15) is 8.42 Å². The van der Waals surface area contributed by atoms with Crippen LogP contribution < -0.4 is 5.32 Å². The van der Waals surface area contributed by atoms with Gasteiger partial charge in [0.1, 0.15) is 0 Å². The summed E-state index contributed by atoms with van der Waals surface area (Å²) < 4.78 is 31.9. The number of aliphatic hydroxyl groups excluding tert-OH is 1. The van der Waals surface area contributed by atoms with Gasteiger partial charge in [-0.15, -0.1) is 0 Å². The van der Waals surface area contributed by atoms with E-state index in [1.54, 1.807) is 4.90 Å². The zero-order valence-corrected chi connectivity index (χ0v) is 9.79. The summed E-state index contributed by atoms with van der Waals surface area (Å²) in [5.74, 6) is 0. The maximum Gasteiger partial charge on any atom is 0.286 e. The lowest BCUT2D eigenvalue weighted by Crippen LogP contribution is -2.63. The molecule has 2 atom stereocenters. The highest BCUT2D eigenvalue weighted by Crippen LogP contribution is 2.25. The van der Waals surface area contributed by atoms with Crippen molar-refractivity contribution in [2.45, 2.75) is 24.8 Å². The van der Waals surface area contributed by atoms with Crippen molar-refractivity contribution in [1.29, 1.82) is 0 Å². The molecule has 3 N–H and O–H groups in total. The van der Waals surface area contributed by atoms with Crippen LogP contribution in [0, 0.1) is 0 Å². The van der Waals surface area contributed by atoms with Crippen LogP contribution in [-0.2, 0) is 10.1 Å². The summed E-state index contributed by atoms with van der Waals surface area (Å²) in [5, 5.41) is 12.6. The van der Waals surface area contributed by atoms with Gasteiger partial charge in [0.15, 0.2) is 4.87 Å². The second-order valence-electron chi connectivity index (χ2n) is 3.94. The van der Waals surface area contributed by atoms with E-state index in [0.717, 1.165) is 0 Å². The second-order valence-corrected chi connectivity index (χ2v) is 5.72. The van der Waals surface area contributed by atoms with E-state index in [2.05, 4.69) is 5.32 Å². The average Bonchev–Trinajstić information content (AvgIpc) is 2.16. The van der Waals surface area contributed by atoms with E-state index in [1.165, 1.54) is 13.8 Å². The van der Waals surface area contributed by atoms with Gasteiger partial charge in [-0.1, -0.05) is 0 Å². The molecule has 0 saturated carbocycles. The molecule has 1 rings (SSSR count). The van der Waals surface area contributed by atoms with E-state index in [4.69, 9.17) is 0 Å². The molecule has 0 bridgehead atoms. The maximum atomic E-state index is 11.3. The van der Waals surface area contributed by atoms with Gasteiger partial charge in [-0.25, -0.2) is 0 Å². The van der Waals surface area contributed by atoms with Gasteiger partial charge in [0.25, 0.3) is 10.1 Å². The van der Waals surface area contributed by atoms with Crippen LogP contribution in [0.2, 0.25) is 0 Å². The molecule has 0 aromatic carbocycles. The molecule has 15 heavy (non-hydrogen) atoms. The highest BCUT2D eigenvalue weighted by Gasteiger charge is 2.48. The lowest BCUT2D eigenvalue weighted by Gasteiger charge is -2.42. The van der Waals surface area contributed by atoms with Crippen LogP contribution in [0.3, 0.4) is 0 Å². The van der Waals surface area contributed by atoms with Gasteiger partial charge in [0.2, 0.25) is 0 Å². The third-order valence-electron chi connectivity index (χ3n) is 3.04. The minimum Gasteiger partial charge on any atom is -0.390 e. The Kier molecular flexibility index (Phi) is 3.72. The van der Waals surface area contributed by atoms with Gasteiger partial charge in [0, 0.05) is 26.2 Å². The van der Waals surface area contributed by atoms with Gasteiger partial charge < -0.3 is 10.4 Å². The highest BCUT2D eigenvalue weighted by atomic mass is 32.2. The summed E-state index contributed by atoms with van der Waals surface area (Å²) in [7, 11) is -4.32. The van der Waals surface area contributed by atoms with Crippen molar-refractivity contribution >= 4 is 10.1 Å². The SMILES string of the molecule is CC(O)C(C)(N1CCNCC1)S(=O)(=O)O. The van der Waals surface area contributed by atoms with Gasteiger partial charge in [0.05, 0.1) is 6.10 Å². The normalized spacial score (nSPS) is 25.9. The lowest BCUT2D eigenvalue weighted by molar-refractivity contribution is 0.0298. The van der Waals surface area contributed by atoms with Crippen LogP contribution >= 0.6 is 0 Å². The van der Waals surface area contributed by atoms with Crippen molar-refractivity contribution in [1.82, 2.24) is 10.2 Å². The minimum atomic E-state index is -4.32. The van der Waals surface area contributed by atoms with Crippen LogP contribution in [0.5, 0.6) is 0 Å². The molecule has 0 spiro atoms. The molecule has 1 aliphatic rings.